The van der Waals surface area contributed by atoms with Crippen molar-refractivity contribution >= 4 is 17.4 Å². The highest BCUT2D eigenvalue weighted by molar-refractivity contribution is 7.07. The highest BCUT2D eigenvalue weighted by Crippen LogP contribution is 2.28. The van der Waals surface area contributed by atoms with Gasteiger partial charge in [0.1, 0.15) is 11.6 Å². The Morgan fingerprint density at radius 1 is 0.842 bits per heavy atom. The Bertz CT molecular complexity index is 1420. The Morgan fingerprint density at radius 3 is 2.11 bits per heavy atom. The zero-order valence-electron chi connectivity index (χ0n) is 20.6. The second kappa shape index (κ2) is 12.3. The summed E-state index contributed by atoms with van der Waals surface area (Å²) in [5.41, 5.74) is 3.94. The van der Waals surface area contributed by atoms with Crippen LogP contribution in [0.1, 0.15) is 45.2 Å². The number of rotatable bonds is 10. The first-order valence-electron chi connectivity index (χ1n) is 12.4. The molecule has 0 aliphatic carbocycles. The van der Waals surface area contributed by atoms with Crippen molar-refractivity contribution in [1.29, 1.82) is 0 Å². The largest absolute Gasteiger partial charge is 0.430 e. The fourth-order valence-electron chi connectivity index (χ4n) is 4.24. The molecule has 38 heavy (non-hydrogen) atoms. The van der Waals surface area contributed by atoms with E-state index in [1.54, 1.807) is 36.4 Å². The zero-order valence-corrected chi connectivity index (χ0v) is 21.4. The minimum absolute atomic E-state index is 0.131. The molecule has 0 saturated heterocycles. The third-order valence-electron chi connectivity index (χ3n) is 6.17. The maximum Gasteiger partial charge on any atom is 0.298 e. The second-order valence-corrected chi connectivity index (χ2v) is 9.54. The molecule has 5 rings (SSSR count). The van der Waals surface area contributed by atoms with Gasteiger partial charge in [0, 0.05) is 36.0 Å². The normalized spacial score (nSPS) is 10.9. The lowest BCUT2D eigenvalue weighted by Gasteiger charge is -2.18. The Kier molecular flexibility index (Phi) is 8.16. The Balaban J connectivity index is 1.15. The number of hydrogen-bond donors (Lipinski definition) is 1. The lowest BCUT2D eigenvalue weighted by atomic mass is 9.88. The van der Waals surface area contributed by atoms with Crippen molar-refractivity contribution in [3.05, 3.63) is 143 Å². The van der Waals surface area contributed by atoms with Crippen LogP contribution in [-0.4, -0.2) is 21.8 Å². The lowest BCUT2D eigenvalue weighted by Crippen LogP contribution is -2.25. The number of hydrogen-bond acceptors (Lipinski definition) is 5. The van der Waals surface area contributed by atoms with Crippen molar-refractivity contribution in [3.8, 4) is 10.9 Å². The van der Waals surface area contributed by atoms with Gasteiger partial charge < -0.3 is 10.1 Å². The number of benzene rings is 4. The maximum atomic E-state index is 13.1. The predicted octanol–water partition coefficient (Wildman–Crippen LogP) is 7.01. The first-order chi connectivity index (χ1) is 18.6. The summed E-state index contributed by atoms with van der Waals surface area (Å²) in [4.78, 5) is 17.2. The molecule has 5 aromatic rings. The van der Waals surface area contributed by atoms with Crippen molar-refractivity contribution in [1.82, 2.24) is 14.7 Å². The number of carbonyl (C=O) groups is 1. The molecule has 0 spiro atoms. The molecule has 0 fully saturated rings. The molecule has 190 valence electrons. The van der Waals surface area contributed by atoms with Crippen LogP contribution in [0.4, 0.5) is 4.39 Å². The summed E-state index contributed by atoms with van der Waals surface area (Å²) in [7, 11) is 0. The van der Waals surface area contributed by atoms with Crippen LogP contribution in [0, 0.1) is 5.82 Å². The first kappa shape index (κ1) is 25.3. The van der Waals surface area contributed by atoms with Gasteiger partial charge in [-0.25, -0.2) is 4.39 Å². The number of aromatic nitrogens is 2. The van der Waals surface area contributed by atoms with Gasteiger partial charge in [-0.05, 0) is 59.5 Å². The van der Waals surface area contributed by atoms with Crippen molar-refractivity contribution in [2.75, 3.05) is 6.54 Å². The quantitative estimate of drug-likeness (QED) is 0.214. The molecule has 0 bridgehead atoms. The van der Waals surface area contributed by atoms with Crippen LogP contribution in [0.15, 0.2) is 109 Å². The summed E-state index contributed by atoms with van der Waals surface area (Å²) in [5.74, 6) is 0.975. The Hall–Kier alpha value is -4.36. The molecule has 5 nitrogen and oxygen atoms in total. The van der Waals surface area contributed by atoms with E-state index in [0.29, 0.717) is 35.3 Å². The van der Waals surface area contributed by atoms with E-state index in [4.69, 9.17) is 4.74 Å². The molecule has 0 atom stereocenters. The molecule has 1 N–H and O–H groups in total. The van der Waals surface area contributed by atoms with Gasteiger partial charge in [-0.3, -0.25) is 4.79 Å². The van der Waals surface area contributed by atoms with E-state index in [1.807, 2.05) is 36.4 Å². The van der Waals surface area contributed by atoms with E-state index in [1.165, 1.54) is 23.3 Å². The molecule has 0 unspecified atom stereocenters. The van der Waals surface area contributed by atoms with Crippen LogP contribution in [-0.2, 0) is 6.42 Å². The standard InChI is InChI=1S/C31H26FN3O2S/c32-26-15-11-22(12-16-26)21-29-34-31(38-35-29)37-27-17-13-25(14-18-27)30(36)33-20-19-28(23-7-3-1-4-8-23)24-9-5-2-6-10-24/h1-18,28H,19-21H2,(H,33,36). The summed E-state index contributed by atoms with van der Waals surface area (Å²) >= 11 is 1.15. The van der Waals surface area contributed by atoms with Gasteiger partial charge in [0.25, 0.3) is 11.1 Å². The van der Waals surface area contributed by atoms with Crippen LogP contribution in [0.5, 0.6) is 10.9 Å². The third-order valence-corrected chi connectivity index (χ3v) is 6.80. The number of ether oxygens (including phenoxy) is 1. The smallest absolute Gasteiger partial charge is 0.298 e. The molecule has 4 aromatic carbocycles. The summed E-state index contributed by atoms with van der Waals surface area (Å²) < 4.78 is 23.2. The zero-order chi connectivity index (χ0) is 26.2. The van der Waals surface area contributed by atoms with E-state index in [0.717, 1.165) is 23.5 Å². The molecule has 0 radical (unpaired) electrons. The van der Waals surface area contributed by atoms with Gasteiger partial charge in [-0.15, -0.1) is 0 Å². The number of nitrogens with zero attached hydrogens (tertiary/aromatic N) is 2. The van der Waals surface area contributed by atoms with E-state index < -0.39 is 0 Å². The molecular weight excluding hydrogens is 497 g/mol. The molecule has 1 aromatic heterocycles. The number of nitrogens with one attached hydrogen (secondary N) is 1. The average Bonchev–Trinajstić information content (AvgIpc) is 3.40. The van der Waals surface area contributed by atoms with Gasteiger partial charge in [0.05, 0.1) is 0 Å². The first-order valence-corrected chi connectivity index (χ1v) is 13.1. The average molecular weight is 524 g/mol. The van der Waals surface area contributed by atoms with Gasteiger partial charge in [-0.1, -0.05) is 72.8 Å². The van der Waals surface area contributed by atoms with Gasteiger partial charge in [0.15, 0.2) is 5.82 Å². The summed E-state index contributed by atoms with van der Waals surface area (Å²) in [6.07, 6.45) is 1.28. The van der Waals surface area contributed by atoms with Crippen LogP contribution in [0.2, 0.25) is 0 Å². The Morgan fingerprint density at radius 2 is 1.47 bits per heavy atom. The van der Waals surface area contributed by atoms with E-state index in [9.17, 15) is 9.18 Å². The lowest BCUT2D eigenvalue weighted by molar-refractivity contribution is 0.0953. The van der Waals surface area contributed by atoms with Gasteiger partial charge in [0.2, 0.25) is 0 Å². The summed E-state index contributed by atoms with van der Waals surface area (Å²) in [6, 6.07) is 33.9. The van der Waals surface area contributed by atoms with Crippen molar-refractivity contribution in [3.63, 3.8) is 0 Å². The number of halogens is 1. The highest BCUT2D eigenvalue weighted by Gasteiger charge is 2.15. The molecular formula is C31H26FN3O2S. The fourth-order valence-corrected chi connectivity index (χ4v) is 4.81. The van der Waals surface area contributed by atoms with Gasteiger partial charge in [-0.2, -0.15) is 9.36 Å². The Labute approximate surface area is 225 Å². The van der Waals surface area contributed by atoms with Crippen LogP contribution >= 0.6 is 11.5 Å². The minimum Gasteiger partial charge on any atom is -0.430 e. The topological polar surface area (TPSA) is 64.1 Å². The SMILES string of the molecule is O=C(NCCC(c1ccccc1)c1ccccc1)c1ccc(Oc2nc(Cc3ccc(F)cc3)ns2)cc1. The maximum absolute atomic E-state index is 13.1. The number of amides is 1. The molecule has 0 aliphatic rings. The van der Waals surface area contributed by atoms with Crippen LogP contribution in [0.25, 0.3) is 0 Å². The van der Waals surface area contributed by atoms with Crippen LogP contribution in [0.3, 0.4) is 0 Å². The summed E-state index contributed by atoms with van der Waals surface area (Å²) in [6.45, 7) is 0.549. The number of carbonyl (C=O) groups excluding carboxylic acids is 1. The van der Waals surface area contributed by atoms with Crippen molar-refractivity contribution in [2.45, 2.75) is 18.8 Å². The van der Waals surface area contributed by atoms with Crippen molar-refractivity contribution in [2.24, 2.45) is 0 Å². The third kappa shape index (κ3) is 6.69. The molecule has 0 saturated carbocycles. The highest BCUT2D eigenvalue weighted by atomic mass is 32.1. The van der Waals surface area contributed by atoms with Crippen LogP contribution < -0.4 is 10.1 Å². The van der Waals surface area contributed by atoms with E-state index in [2.05, 4.69) is 38.9 Å². The molecule has 1 heterocycles. The fraction of sp³-hybridized carbons (Fsp3) is 0.129. The predicted molar refractivity (Wildman–Crippen MR) is 147 cm³/mol. The molecule has 0 aliphatic heterocycles. The molecule has 7 heteroatoms. The van der Waals surface area contributed by atoms with E-state index >= 15 is 0 Å². The second-order valence-electron chi connectivity index (χ2n) is 8.82. The van der Waals surface area contributed by atoms with Crippen molar-refractivity contribution < 1.29 is 13.9 Å². The molecule has 1 amide bonds. The monoisotopic (exact) mass is 523 g/mol. The van der Waals surface area contributed by atoms with Gasteiger partial charge >= 0.3 is 0 Å². The summed E-state index contributed by atoms with van der Waals surface area (Å²) in [5, 5.41) is 3.45. The minimum atomic E-state index is -0.273. The van der Waals surface area contributed by atoms with E-state index in [-0.39, 0.29) is 17.6 Å².